The standard InChI is InChI=1S/C17H24NO.HI/c1-15(12-17-10-7-11-19-17)13-18(2,3)14-16-8-5-4-6-9-16;/h4-11,15H,12-14H2,1-3H3;1H/q+1;/p-1. The van der Waals surface area contributed by atoms with Crippen LogP contribution in [0.5, 0.6) is 0 Å². The van der Waals surface area contributed by atoms with Crippen molar-refractivity contribution in [3.8, 4) is 0 Å². The van der Waals surface area contributed by atoms with Crippen LogP contribution in [0.2, 0.25) is 0 Å². The van der Waals surface area contributed by atoms with Crippen LogP contribution in [0.3, 0.4) is 0 Å². The highest BCUT2D eigenvalue weighted by Crippen LogP contribution is 2.16. The molecule has 1 aromatic heterocycles. The van der Waals surface area contributed by atoms with Crippen molar-refractivity contribution in [3.05, 3.63) is 60.1 Å². The first-order valence-electron chi connectivity index (χ1n) is 6.93. The van der Waals surface area contributed by atoms with Crippen LogP contribution >= 0.6 is 0 Å². The van der Waals surface area contributed by atoms with Crippen LogP contribution in [-0.2, 0) is 13.0 Å². The highest BCUT2D eigenvalue weighted by molar-refractivity contribution is 5.13. The van der Waals surface area contributed by atoms with Crippen LogP contribution in [0.25, 0.3) is 0 Å². The van der Waals surface area contributed by atoms with E-state index in [1.54, 1.807) is 6.26 Å². The second-order valence-electron chi connectivity index (χ2n) is 6.15. The Morgan fingerprint density at radius 3 is 2.35 bits per heavy atom. The molecule has 0 radical (unpaired) electrons. The lowest BCUT2D eigenvalue weighted by Crippen LogP contribution is -3.00. The van der Waals surface area contributed by atoms with Crippen molar-refractivity contribution in [2.45, 2.75) is 19.9 Å². The molecular weight excluding hydrogens is 361 g/mol. The molecule has 1 heterocycles. The summed E-state index contributed by atoms with van der Waals surface area (Å²) in [6.45, 7) is 4.52. The number of nitrogens with zero attached hydrogens (tertiary/aromatic N) is 1. The Hall–Kier alpha value is -0.810. The lowest BCUT2D eigenvalue weighted by Gasteiger charge is -2.32. The van der Waals surface area contributed by atoms with Gasteiger partial charge in [0.05, 0.1) is 26.9 Å². The number of halogens is 1. The topological polar surface area (TPSA) is 13.1 Å². The number of rotatable bonds is 6. The molecule has 110 valence electrons. The first kappa shape index (κ1) is 17.2. The molecule has 0 amide bonds. The van der Waals surface area contributed by atoms with Gasteiger partial charge in [0.15, 0.2) is 0 Å². The average Bonchev–Trinajstić information content (AvgIpc) is 2.81. The summed E-state index contributed by atoms with van der Waals surface area (Å²) in [5.41, 5.74) is 1.40. The SMILES string of the molecule is CC(Cc1ccco1)C[N+](C)(C)Cc1ccccc1.[I-]. The van der Waals surface area contributed by atoms with Crippen LogP contribution < -0.4 is 24.0 Å². The molecule has 2 rings (SSSR count). The number of benzene rings is 1. The Bertz CT molecular complexity index is 479. The van der Waals surface area contributed by atoms with E-state index in [0.717, 1.165) is 29.8 Å². The Morgan fingerprint density at radius 1 is 1.05 bits per heavy atom. The van der Waals surface area contributed by atoms with E-state index in [-0.39, 0.29) is 24.0 Å². The minimum absolute atomic E-state index is 0. The summed E-state index contributed by atoms with van der Waals surface area (Å²) in [5, 5.41) is 0. The van der Waals surface area contributed by atoms with Gasteiger partial charge in [0.25, 0.3) is 0 Å². The van der Waals surface area contributed by atoms with Crippen molar-refractivity contribution in [1.29, 1.82) is 0 Å². The highest BCUT2D eigenvalue weighted by atomic mass is 127. The van der Waals surface area contributed by atoms with Crippen LogP contribution in [0, 0.1) is 5.92 Å². The van der Waals surface area contributed by atoms with E-state index in [9.17, 15) is 0 Å². The van der Waals surface area contributed by atoms with Crippen LogP contribution in [0.15, 0.2) is 53.1 Å². The van der Waals surface area contributed by atoms with Crippen molar-refractivity contribution >= 4 is 0 Å². The smallest absolute Gasteiger partial charge is 0.104 e. The summed E-state index contributed by atoms with van der Waals surface area (Å²) in [4.78, 5) is 0. The van der Waals surface area contributed by atoms with E-state index in [2.05, 4.69) is 57.4 Å². The van der Waals surface area contributed by atoms with E-state index in [1.165, 1.54) is 5.56 Å². The molecule has 2 nitrogen and oxygen atoms in total. The number of furan rings is 1. The van der Waals surface area contributed by atoms with Gasteiger partial charge in [-0.05, 0) is 12.1 Å². The molecule has 0 spiro atoms. The molecule has 0 saturated carbocycles. The van der Waals surface area contributed by atoms with Crippen molar-refractivity contribution < 1.29 is 32.9 Å². The molecule has 1 unspecified atom stereocenters. The molecule has 0 fully saturated rings. The van der Waals surface area contributed by atoms with Gasteiger partial charge in [-0.25, -0.2) is 0 Å². The molecule has 0 N–H and O–H groups in total. The van der Waals surface area contributed by atoms with Gasteiger partial charge in [-0.15, -0.1) is 0 Å². The molecular formula is C17H24INO. The van der Waals surface area contributed by atoms with Crippen LogP contribution in [-0.4, -0.2) is 25.1 Å². The van der Waals surface area contributed by atoms with Crippen molar-refractivity contribution in [1.82, 2.24) is 0 Å². The maximum absolute atomic E-state index is 5.43. The number of quaternary nitrogens is 1. The zero-order valence-electron chi connectivity index (χ0n) is 12.6. The third-order valence-electron chi connectivity index (χ3n) is 3.39. The molecule has 0 aliphatic carbocycles. The molecule has 3 heteroatoms. The third kappa shape index (κ3) is 5.67. The summed E-state index contributed by atoms with van der Waals surface area (Å²) in [7, 11) is 4.59. The number of hydrogen-bond acceptors (Lipinski definition) is 1. The monoisotopic (exact) mass is 385 g/mol. The fourth-order valence-electron chi connectivity index (χ4n) is 2.82. The van der Waals surface area contributed by atoms with Gasteiger partial charge in [-0.2, -0.15) is 0 Å². The second kappa shape index (κ2) is 7.84. The molecule has 0 saturated heterocycles. The number of hydrogen-bond donors (Lipinski definition) is 0. The fourth-order valence-corrected chi connectivity index (χ4v) is 2.82. The van der Waals surface area contributed by atoms with Crippen LogP contribution in [0.4, 0.5) is 0 Å². The fraction of sp³-hybridized carbons (Fsp3) is 0.412. The van der Waals surface area contributed by atoms with Gasteiger partial charge in [0, 0.05) is 17.9 Å². The zero-order chi connectivity index (χ0) is 13.7. The summed E-state index contributed by atoms with van der Waals surface area (Å²) >= 11 is 0. The lowest BCUT2D eigenvalue weighted by atomic mass is 10.0. The Morgan fingerprint density at radius 2 is 1.75 bits per heavy atom. The van der Waals surface area contributed by atoms with E-state index >= 15 is 0 Å². The summed E-state index contributed by atoms with van der Waals surface area (Å²) in [6.07, 6.45) is 2.77. The quantitative estimate of drug-likeness (QED) is 0.528. The normalized spacial score (nSPS) is 12.8. The second-order valence-corrected chi connectivity index (χ2v) is 6.15. The van der Waals surface area contributed by atoms with E-state index in [1.807, 2.05) is 6.07 Å². The summed E-state index contributed by atoms with van der Waals surface area (Å²) in [5.74, 6) is 1.71. The van der Waals surface area contributed by atoms with Crippen molar-refractivity contribution in [2.24, 2.45) is 5.92 Å². The van der Waals surface area contributed by atoms with Crippen LogP contribution in [0.1, 0.15) is 18.2 Å². The summed E-state index contributed by atoms with van der Waals surface area (Å²) < 4.78 is 6.44. The average molecular weight is 385 g/mol. The molecule has 0 aliphatic rings. The Balaban J connectivity index is 0.00000200. The molecule has 1 aromatic carbocycles. The first-order chi connectivity index (χ1) is 9.05. The van der Waals surface area contributed by atoms with Crippen molar-refractivity contribution in [2.75, 3.05) is 20.6 Å². The van der Waals surface area contributed by atoms with Gasteiger partial charge in [0.2, 0.25) is 0 Å². The van der Waals surface area contributed by atoms with Gasteiger partial charge in [-0.1, -0.05) is 37.3 Å². The van der Waals surface area contributed by atoms with Gasteiger partial charge < -0.3 is 32.9 Å². The minimum Gasteiger partial charge on any atom is -1.00 e. The predicted molar refractivity (Wildman–Crippen MR) is 78.7 cm³/mol. The Labute approximate surface area is 139 Å². The molecule has 0 bridgehead atoms. The Kier molecular flexibility index (Phi) is 6.76. The third-order valence-corrected chi connectivity index (χ3v) is 3.39. The summed E-state index contributed by atoms with van der Waals surface area (Å²) in [6, 6.07) is 14.7. The molecule has 1 atom stereocenters. The molecule has 2 aromatic rings. The predicted octanol–water partition coefficient (Wildman–Crippen LogP) is 0.739. The molecule has 0 aliphatic heterocycles. The van der Waals surface area contributed by atoms with E-state index in [0.29, 0.717) is 5.92 Å². The minimum atomic E-state index is 0. The maximum Gasteiger partial charge on any atom is 0.104 e. The van der Waals surface area contributed by atoms with Gasteiger partial charge in [-0.3, -0.25) is 0 Å². The first-order valence-corrected chi connectivity index (χ1v) is 6.93. The van der Waals surface area contributed by atoms with E-state index < -0.39 is 0 Å². The van der Waals surface area contributed by atoms with Crippen molar-refractivity contribution in [3.63, 3.8) is 0 Å². The largest absolute Gasteiger partial charge is 1.00 e. The van der Waals surface area contributed by atoms with Gasteiger partial charge in [0.1, 0.15) is 12.3 Å². The van der Waals surface area contributed by atoms with Gasteiger partial charge >= 0.3 is 0 Å². The van der Waals surface area contributed by atoms with E-state index in [4.69, 9.17) is 4.42 Å². The maximum atomic E-state index is 5.43. The molecule has 20 heavy (non-hydrogen) atoms. The zero-order valence-corrected chi connectivity index (χ0v) is 14.7. The highest BCUT2D eigenvalue weighted by Gasteiger charge is 2.20. The lowest BCUT2D eigenvalue weighted by molar-refractivity contribution is -0.906.